The largest absolute Gasteiger partial charge is 0.399 e. The van der Waals surface area contributed by atoms with Crippen LogP contribution in [0.4, 0.5) is 11.4 Å². The SMILES string of the molecule is CC1CN(CC(=O)Nc2ccc(N)cc2Cl)CCC1O. The van der Waals surface area contributed by atoms with E-state index in [1.807, 2.05) is 11.8 Å². The first kappa shape index (κ1) is 15.1. The van der Waals surface area contributed by atoms with Crippen molar-refractivity contribution >= 4 is 28.9 Å². The van der Waals surface area contributed by atoms with E-state index >= 15 is 0 Å². The average molecular weight is 298 g/mol. The van der Waals surface area contributed by atoms with Crippen LogP contribution in [0.25, 0.3) is 0 Å². The number of nitrogens with zero attached hydrogens (tertiary/aromatic N) is 1. The van der Waals surface area contributed by atoms with Crippen LogP contribution in [0.2, 0.25) is 5.02 Å². The molecular weight excluding hydrogens is 278 g/mol. The number of piperidine rings is 1. The summed E-state index contributed by atoms with van der Waals surface area (Å²) in [5.41, 5.74) is 6.73. The van der Waals surface area contributed by atoms with Gasteiger partial charge in [0.25, 0.3) is 0 Å². The van der Waals surface area contributed by atoms with E-state index in [1.165, 1.54) is 0 Å². The van der Waals surface area contributed by atoms with Crippen molar-refractivity contribution in [1.29, 1.82) is 0 Å². The fourth-order valence-corrected chi connectivity index (χ4v) is 2.62. The topological polar surface area (TPSA) is 78.6 Å². The molecule has 110 valence electrons. The predicted molar refractivity (Wildman–Crippen MR) is 80.7 cm³/mol. The van der Waals surface area contributed by atoms with E-state index in [1.54, 1.807) is 18.2 Å². The quantitative estimate of drug-likeness (QED) is 0.740. The number of aliphatic hydroxyl groups is 1. The van der Waals surface area contributed by atoms with Gasteiger partial charge >= 0.3 is 0 Å². The van der Waals surface area contributed by atoms with Gasteiger partial charge in [0.15, 0.2) is 0 Å². The van der Waals surface area contributed by atoms with E-state index in [9.17, 15) is 9.90 Å². The molecule has 1 aliphatic rings. The van der Waals surface area contributed by atoms with Gasteiger partial charge in [-0.2, -0.15) is 0 Å². The lowest BCUT2D eigenvalue weighted by molar-refractivity contribution is -0.118. The molecule has 2 unspecified atom stereocenters. The number of nitrogen functional groups attached to an aromatic ring is 1. The molecule has 0 aromatic heterocycles. The smallest absolute Gasteiger partial charge is 0.238 e. The maximum absolute atomic E-state index is 12.0. The standard InChI is InChI=1S/C14H20ClN3O2/c1-9-7-18(5-4-13(9)19)8-14(20)17-12-3-2-10(16)6-11(12)15/h2-3,6,9,13,19H,4-5,7-8,16H2,1H3,(H,17,20). The second-order valence-corrected chi connectivity index (χ2v) is 5.76. The van der Waals surface area contributed by atoms with Crippen molar-refractivity contribution in [3.63, 3.8) is 0 Å². The Balaban J connectivity index is 1.89. The van der Waals surface area contributed by atoms with Gasteiger partial charge in [0.05, 0.1) is 23.4 Å². The van der Waals surface area contributed by atoms with Gasteiger partial charge < -0.3 is 16.2 Å². The number of amides is 1. The Morgan fingerprint density at radius 3 is 3.00 bits per heavy atom. The number of aliphatic hydroxyl groups excluding tert-OH is 1. The van der Waals surface area contributed by atoms with Crippen LogP contribution >= 0.6 is 11.6 Å². The van der Waals surface area contributed by atoms with E-state index in [2.05, 4.69) is 5.32 Å². The summed E-state index contributed by atoms with van der Waals surface area (Å²) >= 11 is 6.02. The highest BCUT2D eigenvalue weighted by molar-refractivity contribution is 6.34. The van der Waals surface area contributed by atoms with Gasteiger partial charge in [-0.1, -0.05) is 18.5 Å². The van der Waals surface area contributed by atoms with Gasteiger partial charge in [-0.3, -0.25) is 9.69 Å². The number of anilines is 2. The summed E-state index contributed by atoms with van der Waals surface area (Å²) in [4.78, 5) is 14.0. The van der Waals surface area contributed by atoms with Gasteiger partial charge in [-0.15, -0.1) is 0 Å². The molecule has 1 amide bonds. The number of halogens is 1. The van der Waals surface area contributed by atoms with Crippen molar-refractivity contribution < 1.29 is 9.90 Å². The maximum Gasteiger partial charge on any atom is 0.238 e. The molecule has 0 aliphatic carbocycles. The minimum atomic E-state index is -0.263. The molecule has 1 aromatic carbocycles. The van der Waals surface area contributed by atoms with E-state index in [0.717, 1.165) is 13.1 Å². The molecule has 6 heteroatoms. The lowest BCUT2D eigenvalue weighted by Gasteiger charge is -2.33. The second-order valence-electron chi connectivity index (χ2n) is 5.36. The fraction of sp³-hybridized carbons (Fsp3) is 0.500. The molecule has 0 radical (unpaired) electrons. The van der Waals surface area contributed by atoms with Crippen molar-refractivity contribution in [3.8, 4) is 0 Å². The van der Waals surface area contributed by atoms with Crippen molar-refractivity contribution in [1.82, 2.24) is 4.90 Å². The Labute approximate surface area is 123 Å². The maximum atomic E-state index is 12.0. The van der Waals surface area contributed by atoms with Gasteiger partial charge in [0.1, 0.15) is 0 Å². The summed E-state index contributed by atoms with van der Waals surface area (Å²) in [6.45, 7) is 3.75. The third-order valence-corrected chi connectivity index (χ3v) is 3.89. The highest BCUT2D eigenvalue weighted by Gasteiger charge is 2.25. The molecule has 1 heterocycles. The fourth-order valence-electron chi connectivity index (χ4n) is 2.39. The summed E-state index contributed by atoms with van der Waals surface area (Å²) in [7, 11) is 0. The summed E-state index contributed by atoms with van der Waals surface area (Å²) in [5, 5.41) is 12.9. The molecule has 0 spiro atoms. The first-order valence-corrected chi connectivity index (χ1v) is 7.09. The van der Waals surface area contributed by atoms with E-state index in [4.69, 9.17) is 17.3 Å². The molecular formula is C14H20ClN3O2. The molecule has 0 bridgehead atoms. The lowest BCUT2D eigenvalue weighted by Crippen LogP contribution is -2.45. The van der Waals surface area contributed by atoms with Crippen LogP contribution < -0.4 is 11.1 Å². The van der Waals surface area contributed by atoms with E-state index in [-0.39, 0.29) is 17.9 Å². The monoisotopic (exact) mass is 297 g/mol. The summed E-state index contributed by atoms with van der Waals surface area (Å²) in [6, 6.07) is 5.00. The highest BCUT2D eigenvalue weighted by Crippen LogP contribution is 2.24. The van der Waals surface area contributed by atoms with Crippen molar-refractivity contribution in [2.24, 2.45) is 5.92 Å². The molecule has 1 fully saturated rings. The predicted octanol–water partition coefficient (Wildman–Crippen LogP) is 1.56. The lowest BCUT2D eigenvalue weighted by atomic mass is 9.97. The number of carbonyl (C=O) groups excluding carboxylic acids is 1. The van der Waals surface area contributed by atoms with Crippen molar-refractivity contribution in [3.05, 3.63) is 23.2 Å². The minimum absolute atomic E-state index is 0.111. The molecule has 1 saturated heterocycles. The van der Waals surface area contributed by atoms with Gasteiger partial charge in [-0.05, 0) is 30.5 Å². The molecule has 4 N–H and O–H groups in total. The van der Waals surface area contributed by atoms with E-state index in [0.29, 0.717) is 29.4 Å². The number of hydrogen-bond acceptors (Lipinski definition) is 4. The van der Waals surface area contributed by atoms with Crippen LogP contribution in [0.15, 0.2) is 18.2 Å². The Kier molecular flexibility index (Phi) is 4.86. The number of hydrogen-bond donors (Lipinski definition) is 3. The Hall–Kier alpha value is -1.30. The summed E-state index contributed by atoms with van der Waals surface area (Å²) in [6.07, 6.45) is 0.442. The van der Waals surface area contributed by atoms with Crippen LogP contribution in [0, 0.1) is 5.92 Å². The second kappa shape index (κ2) is 6.43. The average Bonchev–Trinajstić information content (AvgIpc) is 2.37. The Bertz CT molecular complexity index is 495. The highest BCUT2D eigenvalue weighted by atomic mass is 35.5. The van der Waals surface area contributed by atoms with Crippen LogP contribution in [-0.2, 0) is 4.79 Å². The molecule has 2 atom stereocenters. The zero-order valence-electron chi connectivity index (χ0n) is 11.5. The van der Waals surface area contributed by atoms with Crippen LogP contribution in [0.1, 0.15) is 13.3 Å². The zero-order chi connectivity index (χ0) is 14.7. The molecule has 0 saturated carbocycles. The summed E-state index contributed by atoms with van der Waals surface area (Å²) < 4.78 is 0. The number of carbonyl (C=O) groups is 1. The van der Waals surface area contributed by atoms with Crippen LogP contribution in [0.3, 0.4) is 0 Å². The first-order chi connectivity index (χ1) is 9.45. The van der Waals surface area contributed by atoms with Crippen molar-refractivity contribution in [2.75, 3.05) is 30.7 Å². The number of nitrogens with one attached hydrogen (secondary N) is 1. The van der Waals surface area contributed by atoms with Gasteiger partial charge in [0.2, 0.25) is 5.91 Å². The molecule has 1 aliphatic heterocycles. The molecule has 20 heavy (non-hydrogen) atoms. The number of rotatable bonds is 3. The Morgan fingerprint density at radius 1 is 1.60 bits per heavy atom. The third kappa shape index (κ3) is 3.85. The minimum Gasteiger partial charge on any atom is -0.399 e. The zero-order valence-corrected chi connectivity index (χ0v) is 12.2. The third-order valence-electron chi connectivity index (χ3n) is 3.58. The number of benzene rings is 1. The van der Waals surface area contributed by atoms with Crippen molar-refractivity contribution in [2.45, 2.75) is 19.4 Å². The number of nitrogens with two attached hydrogens (primary N) is 1. The van der Waals surface area contributed by atoms with E-state index < -0.39 is 0 Å². The Morgan fingerprint density at radius 2 is 2.35 bits per heavy atom. The van der Waals surface area contributed by atoms with Crippen LogP contribution in [-0.4, -0.2) is 41.7 Å². The molecule has 1 aromatic rings. The summed E-state index contributed by atoms with van der Waals surface area (Å²) in [5.74, 6) is 0.0805. The van der Waals surface area contributed by atoms with Gasteiger partial charge in [-0.25, -0.2) is 0 Å². The molecule has 5 nitrogen and oxygen atoms in total. The normalized spacial score (nSPS) is 23.6. The first-order valence-electron chi connectivity index (χ1n) is 6.71. The number of likely N-dealkylation sites (tertiary alicyclic amines) is 1. The van der Waals surface area contributed by atoms with Gasteiger partial charge in [0, 0.05) is 18.8 Å². The molecule has 2 rings (SSSR count). The van der Waals surface area contributed by atoms with Crippen LogP contribution in [0.5, 0.6) is 0 Å².